The molecular formula is C30H28IN3O2. The van der Waals surface area contributed by atoms with Crippen LogP contribution < -0.4 is 4.90 Å². The summed E-state index contributed by atoms with van der Waals surface area (Å²) in [7, 11) is 0. The van der Waals surface area contributed by atoms with Crippen molar-refractivity contribution < 1.29 is 9.59 Å². The third-order valence-electron chi connectivity index (χ3n) is 6.19. The third-order valence-corrected chi connectivity index (χ3v) is 7.13. The minimum Gasteiger partial charge on any atom is -0.268 e. The highest BCUT2D eigenvalue weighted by molar-refractivity contribution is 14.1. The average molecular weight is 589 g/mol. The van der Waals surface area contributed by atoms with E-state index in [0.717, 1.165) is 38.9 Å². The van der Waals surface area contributed by atoms with Gasteiger partial charge in [0.05, 0.1) is 22.6 Å². The van der Waals surface area contributed by atoms with E-state index in [1.54, 1.807) is 25.3 Å². The van der Waals surface area contributed by atoms with Crippen molar-refractivity contribution in [3.8, 4) is 11.3 Å². The standard InChI is InChI=1S/C30H28IN3O2/c1-19-8-7-9-20(2)24(14-11-19)29(35)34(30(36)25-15-12-21(3)33-22(25)4)23-13-16-27(31)26(18-23)28-10-5-6-17-32-28/h5-6,9-18H,7-8H2,1-4H3/b19-11-,20-9-,24-14+. The first-order valence-electron chi connectivity index (χ1n) is 11.8. The van der Waals surface area contributed by atoms with E-state index in [4.69, 9.17) is 0 Å². The number of hydrogen-bond acceptors (Lipinski definition) is 4. The molecule has 0 bridgehead atoms. The second-order valence-electron chi connectivity index (χ2n) is 8.93. The van der Waals surface area contributed by atoms with Crippen molar-refractivity contribution in [2.75, 3.05) is 4.90 Å². The van der Waals surface area contributed by atoms with Crippen molar-refractivity contribution in [3.05, 3.63) is 110 Å². The lowest BCUT2D eigenvalue weighted by Crippen LogP contribution is -2.39. The Labute approximate surface area is 225 Å². The van der Waals surface area contributed by atoms with Crippen molar-refractivity contribution in [3.63, 3.8) is 0 Å². The first-order chi connectivity index (χ1) is 17.3. The van der Waals surface area contributed by atoms with Gasteiger partial charge < -0.3 is 0 Å². The Morgan fingerprint density at radius 2 is 1.75 bits per heavy atom. The molecule has 1 aliphatic carbocycles. The van der Waals surface area contributed by atoms with Crippen LogP contribution in [-0.2, 0) is 4.79 Å². The topological polar surface area (TPSA) is 63.2 Å². The fourth-order valence-electron chi connectivity index (χ4n) is 4.16. The summed E-state index contributed by atoms with van der Waals surface area (Å²) >= 11 is 2.25. The van der Waals surface area contributed by atoms with Crippen LogP contribution in [0.2, 0.25) is 0 Å². The molecule has 2 amide bonds. The minimum atomic E-state index is -0.408. The van der Waals surface area contributed by atoms with Gasteiger partial charge in [0.15, 0.2) is 0 Å². The van der Waals surface area contributed by atoms with E-state index in [1.807, 2.05) is 62.4 Å². The molecule has 0 fully saturated rings. The predicted molar refractivity (Wildman–Crippen MR) is 153 cm³/mol. The summed E-state index contributed by atoms with van der Waals surface area (Å²) < 4.78 is 0.975. The van der Waals surface area contributed by atoms with E-state index < -0.39 is 5.91 Å². The van der Waals surface area contributed by atoms with Crippen molar-refractivity contribution >= 4 is 40.1 Å². The van der Waals surface area contributed by atoms with Crippen LogP contribution in [0, 0.1) is 17.4 Å². The van der Waals surface area contributed by atoms with Crippen LogP contribution >= 0.6 is 22.6 Å². The molecule has 1 aromatic carbocycles. The maximum absolute atomic E-state index is 14.1. The van der Waals surface area contributed by atoms with Gasteiger partial charge in [-0.1, -0.05) is 23.8 Å². The highest BCUT2D eigenvalue weighted by atomic mass is 127. The van der Waals surface area contributed by atoms with Crippen LogP contribution in [0.3, 0.4) is 0 Å². The second-order valence-corrected chi connectivity index (χ2v) is 10.1. The molecule has 0 spiro atoms. The van der Waals surface area contributed by atoms with Gasteiger partial charge in [-0.25, -0.2) is 4.90 Å². The minimum absolute atomic E-state index is 0.368. The summed E-state index contributed by atoms with van der Waals surface area (Å²) in [4.78, 5) is 38.4. The van der Waals surface area contributed by atoms with Gasteiger partial charge >= 0.3 is 0 Å². The van der Waals surface area contributed by atoms with Crippen LogP contribution in [0.25, 0.3) is 11.3 Å². The fraction of sp³-hybridized carbons (Fsp3) is 0.200. The number of imide groups is 1. The number of rotatable bonds is 4. The van der Waals surface area contributed by atoms with Crippen molar-refractivity contribution in [1.82, 2.24) is 9.97 Å². The van der Waals surface area contributed by atoms with Gasteiger partial charge in [-0.05, 0) is 117 Å². The molecular weight excluding hydrogens is 561 g/mol. The molecule has 36 heavy (non-hydrogen) atoms. The first-order valence-corrected chi connectivity index (χ1v) is 12.9. The number of benzene rings is 1. The van der Waals surface area contributed by atoms with E-state index in [9.17, 15) is 9.59 Å². The number of aryl methyl sites for hydroxylation is 2. The predicted octanol–water partition coefficient (Wildman–Crippen LogP) is 7.15. The van der Waals surface area contributed by atoms with E-state index in [0.29, 0.717) is 22.5 Å². The van der Waals surface area contributed by atoms with Gasteiger partial charge in [-0.2, -0.15) is 0 Å². The van der Waals surface area contributed by atoms with E-state index in [-0.39, 0.29) is 5.91 Å². The van der Waals surface area contributed by atoms with Gasteiger partial charge in [0.2, 0.25) is 0 Å². The van der Waals surface area contributed by atoms with Crippen LogP contribution in [0.15, 0.2) is 89.7 Å². The van der Waals surface area contributed by atoms with Crippen molar-refractivity contribution in [2.24, 2.45) is 0 Å². The van der Waals surface area contributed by atoms with Crippen molar-refractivity contribution in [1.29, 1.82) is 0 Å². The second kappa shape index (κ2) is 11.1. The third kappa shape index (κ3) is 5.54. The van der Waals surface area contributed by atoms with Gasteiger partial charge in [0.25, 0.3) is 11.8 Å². The number of amides is 2. The van der Waals surface area contributed by atoms with Crippen LogP contribution in [0.5, 0.6) is 0 Å². The van der Waals surface area contributed by atoms with Crippen LogP contribution in [0.1, 0.15) is 48.4 Å². The van der Waals surface area contributed by atoms with Gasteiger partial charge in [-0.3, -0.25) is 19.6 Å². The van der Waals surface area contributed by atoms with E-state index in [1.165, 1.54) is 10.5 Å². The maximum atomic E-state index is 14.1. The lowest BCUT2D eigenvalue weighted by Gasteiger charge is -2.24. The molecule has 0 radical (unpaired) electrons. The Morgan fingerprint density at radius 1 is 0.944 bits per heavy atom. The zero-order chi connectivity index (χ0) is 25.8. The number of carbonyl (C=O) groups is 2. The highest BCUT2D eigenvalue weighted by Gasteiger charge is 2.30. The summed E-state index contributed by atoms with van der Waals surface area (Å²) in [6.07, 6.45) is 9.39. The summed E-state index contributed by atoms with van der Waals surface area (Å²) in [5.74, 6) is -0.775. The van der Waals surface area contributed by atoms with E-state index in [2.05, 4.69) is 45.6 Å². The normalized spacial score (nSPS) is 18.0. The molecule has 182 valence electrons. The van der Waals surface area contributed by atoms with Gasteiger partial charge in [0, 0.05) is 26.6 Å². The number of carbonyl (C=O) groups excluding carboxylic acids is 2. The number of pyridine rings is 2. The van der Waals surface area contributed by atoms with Crippen molar-refractivity contribution in [2.45, 2.75) is 40.5 Å². The zero-order valence-corrected chi connectivity index (χ0v) is 23.0. The molecule has 0 saturated carbocycles. The summed E-state index contributed by atoms with van der Waals surface area (Å²) in [6, 6.07) is 14.8. The molecule has 0 saturated heterocycles. The first kappa shape index (κ1) is 25.7. The smallest absolute Gasteiger partial charge is 0.267 e. The largest absolute Gasteiger partial charge is 0.268 e. The number of nitrogens with zero attached hydrogens (tertiary/aromatic N) is 3. The number of anilines is 1. The summed E-state index contributed by atoms with van der Waals surface area (Å²) in [5, 5.41) is 0. The Balaban J connectivity index is 1.89. The molecule has 1 aliphatic rings. The monoisotopic (exact) mass is 589 g/mol. The van der Waals surface area contributed by atoms with Gasteiger partial charge in [0.1, 0.15) is 0 Å². The summed E-state index contributed by atoms with van der Waals surface area (Å²) in [6.45, 7) is 7.65. The number of allylic oxidation sites excluding steroid dienone is 4. The van der Waals surface area contributed by atoms with Crippen LogP contribution in [0.4, 0.5) is 5.69 Å². The highest BCUT2D eigenvalue weighted by Crippen LogP contribution is 2.31. The summed E-state index contributed by atoms with van der Waals surface area (Å²) in [5.41, 5.74) is 6.46. The Hall–Kier alpha value is -3.39. The molecule has 0 atom stereocenters. The molecule has 0 aliphatic heterocycles. The molecule has 4 rings (SSSR count). The Bertz CT molecular complexity index is 1420. The number of hydrogen-bond donors (Lipinski definition) is 0. The number of aromatic nitrogens is 2. The average Bonchev–Trinajstić information content (AvgIpc) is 2.84. The number of halogens is 1. The Kier molecular flexibility index (Phi) is 7.94. The zero-order valence-electron chi connectivity index (χ0n) is 20.9. The molecule has 5 nitrogen and oxygen atoms in total. The lowest BCUT2D eigenvalue weighted by molar-refractivity contribution is -0.114. The molecule has 0 unspecified atom stereocenters. The quantitative estimate of drug-likeness (QED) is 0.240. The van der Waals surface area contributed by atoms with Gasteiger partial charge in [-0.15, -0.1) is 0 Å². The molecule has 2 heterocycles. The van der Waals surface area contributed by atoms with Crippen LogP contribution in [-0.4, -0.2) is 21.8 Å². The fourth-order valence-corrected chi connectivity index (χ4v) is 4.77. The maximum Gasteiger partial charge on any atom is 0.267 e. The Morgan fingerprint density at radius 3 is 2.47 bits per heavy atom. The lowest BCUT2D eigenvalue weighted by atomic mass is 9.98. The molecule has 6 heteroatoms. The SMILES string of the molecule is C/C1=C/C=C(C(=O)N(C(=O)c2ccc(C)nc2C)c2ccc(I)c(-c3ccccn3)c2)\C(C)=C/CC1. The molecule has 2 aromatic heterocycles. The molecule has 3 aromatic rings. The molecule has 0 N–H and O–H groups in total. The van der Waals surface area contributed by atoms with E-state index >= 15 is 0 Å².